The van der Waals surface area contributed by atoms with E-state index in [1.165, 1.54) is 0 Å². The monoisotopic (exact) mass is 292 g/mol. The van der Waals surface area contributed by atoms with Gasteiger partial charge >= 0.3 is 0 Å². The molecule has 0 fully saturated rings. The van der Waals surface area contributed by atoms with Gasteiger partial charge in [-0.25, -0.2) is 9.97 Å². The molecule has 2 aromatic rings. The number of aromatic nitrogens is 2. The van der Waals surface area contributed by atoms with Crippen LogP contribution in [0.5, 0.6) is 0 Å². The summed E-state index contributed by atoms with van der Waals surface area (Å²) in [5.41, 5.74) is 7.08. The topological polar surface area (TPSA) is 63.8 Å². The molecule has 0 radical (unpaired) electrons. The molecule has 0 spiro atoms. The molecule has 19 heavy (non-hydrogen) atoms. The minimum Gasteiger partial charge on any atom is -0.388 e. The molecule has 98 valence electrons. The number of anilines is 1. The van der Waals surface area contributed by atoms with Crippen LogP contribution >= 0.6 is 23.8 Å². The molecule has 0 bridgehead atoms. The number of benzene rings is 1. The number of hydrogen-bond donors (Lipinski definition) is 2. The fourth-order valence-corrected chi connectivity index (χ4v) is 2.18. The predicted octanol–water partition coefficient (Wildman–Crippen LogP) is 2.94. The van der Waals surface area contributed by atoms with Crippen molar-refractivity contribution in [2.75, 3.05) is 5.32 Å². The number of thiocarbonyl (C=S) groups is 1. The Hall–Kier alpha value is -1.72. The summed E-state index contributed by atoms with van der Waals surface area (Å²) in [6.07, 6.45) is 3.14. The fourth-order valence-electron chi connectivity index (χ4n) is 1.73. The average molecular weight is 293 g/mol. The molecule has 1 aromatic carbocycles. The maximum Gasteiger partial charge on any atom is 0.155 e. The first-order chi connectivity index (χ1) is 9.09. The van der Waals surface area contributed by atoms with Crippen LogP contribution in [0.3, 0.4) is 0 Å². The lowest BCUT2D eigenvalue weighted by atomic mass is 10.1. The molecule has 1 unspecified atom stereocenters. The van der Waals surface area contributed by atoms with Crippen molar-refractivity contribution < 1.29 is 0 Å². The summed E-state index contributed by atoms with van der Waals surface area (Å²) < 4.78 is 0. The molecule has 0 aliphatic carbocycles. The van der Waals surface area contributed by atoms with Crippen molar-refractivity contribution in [3.05, 3.63) is 52.9 Å². The van der Waals surface area contributed by atoms with E-state index in [2.05, 4.69) is 15.3 Å². The lowest BCUT2D eigenvalue weighted by molar-refractivity contribution is 0.870. The van der Waals surface area contributed by atoms with E-state index >= 15 is 0 Å². The Labute approximate surface area is 122 Å². The molecule has 0 saturated heterocycles. The second kappa shape index (κ2) is 5.95. The van der Waals surface area contributed by atoms with E-state index in [1.54, 1.807) is 12.4 Å². The van der Waals surface area contributed by atoms with Crippen molar-refractivity contribution in [1.29, 1.82) is 0 Å². The van der Waals surface area contributed by atoms with Gasteiger partial charge in [0.05, 0.1) is 6.04 Å². The molecule has 2 rings (SSSR count). The molecule has 4 nitrogen and oxygen atoms in total. The third kappa shape index (κ3) is 3.19. The zero-order chi connectivity index (χ0) is 13.8. The predicted molar refractivity (Wildman–Crippen MR) is 81.4 cm³/mol. The van der Waals surface area contributed by atoms with Crippen molar-refractivity contribution >= 4 is 34.6 Å². The third-order valence-corrected chi connectivity index (χ3v) is 3.19. The molecule has 0 aliphatic heterocycles. The van der Waals surface area contributed by atoms with Crippen LogP contribution in [0.2, 0.25) is 5.02 Å². The molecule has 3 N–H and O–H groups in total. The summed E-state index contributed by atoms with van der Waals surface area (Å²) in [7, 11) is 0. The van der Waals surface area contributed by atoms with Gasteiger partial charge in [-0.3, -0.25) is 0 Å². The summed E-state index contributed by atoms with van der Waals surface area (Å²) in [6.45, 7) is 1.99. The first-order valence-electron chi connectivity index (χ1n) is 5.71. The molecule has 0 amide bonds. The van der Waals surface area contributed by atoms with Crippen LogP contribution < -0.4 is 11.1 Å². The van der Waals surface area contributed by atoms with Gasteiger partial charge in [0.25, 0.3) is 0 Å². The minimum atomic E-state index is -0.0292. The summed E-state index contributed by atoms with van der Waals surface area (Å²) in [4.78, 5) is 8.54. The van der Waals surface area contributed by atoms with Crippen LogP contribution in [0.15, 0.2) is 36.7 Å². The Kier molecular flexibility index (Phi) is 4.29. The Morgan fingerprint density at radius 3 is 2.68 bits per heavy atom. The van der Waals surface area contributed by atoms with Gasteiger partial charge in [0.2, 0.25) is 0 Å². The molecule has 1 atom stereocenters. The van der Waals surface area contributed by atoms with Gasteiger partial charge in [-0.1, -0.05) is 42.0 Å². The first-order valence-corrected chi connectivity index (χ1v) is 6.50. The van der Waals surface area contributed by atoms with Gasteiger partial charge in [-0.05, 0) is 18.6 Å². The van der Waals surface area contributed by atoms with E-state index in [9.17, 15) is 0 Å². The van der Waals surface area contributed by atoms with E-state index in [1.807, 2.05) is 31.2 Å². The van der Waals surface area contributed by atoms with Crippen LogP contribution in [0.4, 0.5) is 5.82 Å². The Morgan fingerprint density at radius 2 is 2.00 bits per heavy atom. The zero-order valence-electron chi connectivity index (χ0n) is 10.3. The van der Waals surface area contributed by atoms with Crippen LogP contribution in [0, 0.1) is 0 Å². The lowest BCUT2D eigenvalue weighted by Gasteiger charge is -2.17. The number of nitrogens with zero attached hydrogens (tertiary/aromatic N) is 2. The summed E-state index contributed by atoms with van der Waals surface area (Å²) in [6, 6.07) is 7.60. The van der Waals surface area contributed by atoms with Crippen LogP contribution in [-0.4, -0.2) is 15.0 Å². The van der Waals surface area contributed by atoms with Gasteiger partial charge < -0.3 is 11.1 Å². The number of halogens is 1. The summed E-state index contributed by atoms with van der Waals surface area (Å²) >= 11 is 11.1. The molecule has 6 heteroatoms. The van der Waals surface area contributed by atoms with Gasteiger partial charge in [-0.15, -0.1) is 0 Å². The molecule has 1 heterocycles. The highest BCUT2D eigenvalue weighted by Crippen LogP contribution is 2.25. The highest BCUT2D eigenvalue weighted by molar-refractivity contribution is 7.80. The van der Waals surface area contributed by atoms with Crippen molar-refractivity contribution in [2.45, 2.75) is 13.0 Å². The second-order valence-electron chi connectivity index (χ2n) is 4.01. The van der Waals surface area contributed by atoms with Crippen molar-refractivity contribution in [1.82, 2.24) is 9.97 Å². The molecule has 1 aromatic heterocycles. The molecule has 0 saturated carbocycles. The molecule has 0 aliphatic rings. The maximum atomic E-state index is 6.16. The lowest BCUT2D eigenvalue weighted by Crippen LogP contribution is -2.18. The van der Waals surface area contributed by atoms with Gasteiger partial charge in [0.15, 0.2) is 5.82 Å². The quantitative estimate of drug-likeness (QED) is 0.848. The SMILES string of the molecule is CC(Nc1nccnc1C(N)=S)c1ccccc1Cl. The van der Waals surface area contributed by atoms with Gasteiger partial charge in [0.1, 0.15) is 10.7 Å². The van der Waals surface area contributed by atoms with Gasteiger partial charge in [-0.2, -0.15) is 0 Å². The Balaban J connectivity index is 2.27. The Bertz CT molecular complexity index is 603. The average Bonchev–Trinajstić information content (AvgIpc) is 2.39. The standard InChI is InChI=1S/C13H13ClN4S/c1-8(9-4-2-3-5-10(9)14)18-13-11(12(15)19)16-6-7-17-13/h2-8H,1H3,(H2,15,19)(H,17,18). The second-order valence-corrected chi connectivity index (χ2v) is 4.85. The van der Waals surface area contributed by atoms with Gasteiger partial charge in [0, 0.05) is 17.4 Å². The molecular formula is C13H13ClN4S. The largest absolute Gasteiger partial charge is 0.388 e. The number of nitrogens with one attached hydrogen (secondary N) is 1. The number of hydrogen-bond acceptors (Lipinski definition) is 4. The van der Waals surface area contributed by atoms with Crippen molar-refractivity contribution in [3.63, 3.8) is 0 Å². The van der Waals surface area contributed by atoms with E-state index < -0.39 is 0 Å². The van der Waals surface area contributed by atoms with E-state index in [4.69, 9.17) is 29.6 Å². The smallest absolute Gasteiger partial charge is 0.155 e. The normalized spacial score (nSPS) is 11.9. The summed E-state index contributed by atoms with van der Waals surface area (Å²) in [5.74, 6) is 0.558. The minimum absolute atomic E-state index is 0.0292. The van der Waals surface area contributed by atoms with E-state index in [0.717, 1.165) is 5.56 Å². The molecular weight excluding hydrogens is 280 g/mol. The van der Waals surface area contributed by atoms with Crippen LogP contribution in [0.1, 0.15) is 24.2 Å². The fraction of sp³-hybridized carbons (Fsp3) is 0.154. The summed E-state index contributed by atoms with van der Waals surface area (Å²) in [5, 5.41) is 3.92. The van der Waals surface area contributed by atoms with Crippen molar-refractivity contribution in [2.24, 2.45) is 5.73 Å². The zero-order valence-corrected chi connectivity index (χ0v) is 11.9. The highest BCUT2D eigenvalue weighted by atomic mass is 35.5. The van der Waals surface area contributed by atoms with E-state index in [-0.39, 0.29) is 11.0 Å². The van der Waals surface area contributed by atoms with Crippen LogP contribution in [-0.2, 0) is 0 Å². The maximum absolute atomic E-state index is 6.16. The Morgan fingerprint density at radius 1 is 1.32 bits per heavy atom. The third-order valence-electron chi connectivity index (χ3n) is 2.66. The van der Waals surface area contributed by atoms with E-state index in [0.29, 0.717) is 16.5 Å². The van der Waals surface area contributed by atoms with Crippen LogP contribution in [0.25, 0.3) is 0 Å². The first kappa shape index (κ1) is 13.7. The van der Waals surface area contributed by atoms with Crippen molar-refractivity contribution in [3.8, 4) is 0 Å². The number of rotatable bonds is 4. The highest BCUT2D eigenvalue weighted by Gasteiger charge is 2.13. The number of nitrogens with two attached hydrogens (primary N) is 1.